The first-order valence-electron chi connectivity index (χ1n) is 4.96. The number of carbonyl (C=O) groups is 1. The van der Waals surface area contributed by atoms with Gasteiger partial charge in [-0.25, -0.2) is 0 Å². The fraction of sp³-hybridized carbons (Fsp3) is 0.900. The molecule has 1 unspecified atom stereocenters. The van der Waals surface area contributed by atoms with E-state index in [4.69, 9.17) is 10.5 Å². The molecule has 0 fully saturated rings. The number of nitrogens with two attached hydrogens (primary N) is 1. The third kappa shape index (κ3) is 5.19. The molecule has 1 atom stereocenters. The normalized spacial score (nSPS) is 13.8. The molecular weight excluding hydrogens is 180 g/mol. The summed E-state index contributed by atoms with van der Waals surface area (Å²) in [5.41, 5.74) is 5.06. The van der Waals surface area contributed by atoms with Crippen LogP contribution >= 0.6 is 0 Å². The molecule has 1 amide bonds. The van der Waals surface area contributed by atoms with Gasteiger partial charge in [0.05, 0.1) is 5.60 Å². The highest BCUT2D eigenvalue weighted by Crippen LogP contribution is 2.06. The standard InChI is InChI=1S/C10H22N2O2/c1-8(5-6-11)9(13)12-7-10(2,3)14-4/h8H,5-7,11H2,1-4H3,(H,12,13). The fourth-order valence-corrected chi connectivity index (χ4v) is 0.927. The second kappa shape index (κ2) is 5.98. The SMILES string of the molecule is COC(C)(C)CNC(=O)C(C)CCN. The second-order valence-electron chi connectivity index (χ2n) is 4.16. The largest absolute Gasteiger partial charge is 0.377 e. The Morgan fingerprint density at radius 1 is 1.57 bits per heavy atom. The molecule has 3 N–H and O–H groups in total. The molecule has 0 aromatic rings. The van der Waals surface area contributed by atoms with E-state index in [1.165, 1.54) is 0 Å². The molecule has 4 nitrogen and oxygen atoms in total. The summed E-state index contributed by atoms with van der Waals surface area (Å²) in [6, 6.07) is 0. The van der Waals surface area contributed by atoms with Crippen LogP contribution in [0.25, 0.3) is 0 Å². The molecule has 0 saturated carbocycles. The van der Waals surface area contributed by atoms with Crippen molar-refractivity contribution in [2.75, 3.05) is 20.2 Å². The number of rotatable bonds is 6. The van der Waals surface area contributed by atoms with Crippen molar-refractivity contribution in [3.63, 3.8) is 0 Å². The highest BCUT2D eigenvalue weighted by atomic mass is 16.5. The molecule has 0 spiro atoms. The van der Waals surface area contributed by atoms with E-state index in [1.54, 1.807) is 7.11 Å². The van der Waals surface area contributed by atoms with Crippen molar-refractivity contribution >= 4 is 5.91 Å². The Bertz CT molecular complexity index is 181. The molecule has 0 rings (SSSR count). The number of ether oxygens (including phenoxy) is 1. The van der Waals surface area contributed by atoms with Gasteiger partial charge in [0.2, 0.25) is 5.91 Å². The monoisotopic (exact) mass is 202 g/mol. The maximum absolute atomic E-state index is 11.5. The zero-order chi connectivity index (χ0) is 11.2. The van der Waals surface area contributed by atoms with Crippen LogP contribution in [0, 0.1) is 5.92 Å². The minimum absolute atomic E-state index is 0.0207. The third-order valence-corrected chi connectivity index (χ3v) is 2.29. The highest BCUT2D eigenvalue weighted by Gasteiger charge is 2.19. The molecule has 0 heterocycles. The number of hydrogen-bond donors (Lipinski definition) is 2. The molecule has 4 heteroatoms. The molecule has 0 bridgehead atoms. The van der Waals surface area contributed by atoms with Crippen LogP contribution in [0.4, 0.5) is 0 Å². The molecule has 0 aliphatic carbocycles. The molecule has 0 aliphatic heterocycles. The van der Waals surface area contributed by atoms with Crippen molar-refractivity contribution in [1.82, 2.24) is 5.32 Å². The summed E-state index contributed by atoms with van der Waals surface area (Å²) in [7, 11) is 1.63. The lowest BCUT2D eigenvalue weighted by atomic mass is 10.1. The number of amides is 1. The summed E-state index contributed by atoms with van der Waals surface area (Å²) < 4.78 is 5.19. The molecule has 0 aromatic heterocycles. The smallest absolute Gasteiger partial charge is 0.222 e. The van der Waals surface area contributed by atoms with Crippen molar-refractivity contribution in [2.45, 2.75) is 32.8 Å². The summed E-state index contributed by atoms with van der Waals surface area (Å²) in [5.74, 6) is 0.0215. The van der Waals surface area contributed by atoms with Crippen LogP contribution in [-0.2, 0) is 9.53 Å². The Morgan fingerprint density at radius 2 is 2.14 bits per heavy atom. The Morgan fingerprint density at radius 3 is 2.57 bits per heavy atom. The maximum atomic E-state index is 11.5. The number of carbonyl (C=O) groups excluding carboxylic acids is 1. The van der Waals surface area contributed by atoms with E-state index in [9.17, 15) is 4.79 Å². The van der Waals surface area contributed by atoms with E-state index >= 15 is 0 Å². The van der Waals surface area contributed by atoms with E-state index in [2.05, 4.69) is 5.32 Å². The minimum atomic E-state index is -0.307. The average molecular weight is 202 g/mol. The fourth-order valence-electron chi connectivity index (χ4n) is 0.927. The van der Waals surface area contributed by atoms with Gasteiger partial charge in [-0.1, -0.05) is 6.92 Å². The highest BCUT2D eigenvalue weighted by molar-refractivity contribution is 5.78. The van der Waals surface area contributed by atoms with Gasteiger partial charge in [0, 0.05) is 19.6 Å². The third-order valence-electron chi connectivity index (χ3n) is 2.29. The minimum Gasteiger partial charge on any atom is -0.377 e. The van der Waals surface area contributed by atoms with Crippen LogP contribution in [0.1, 0.15) is 27.2 Å². The lowest BCUT2D eigenvalue weighted by Gasteiger charge is -2.24. The number of nitrogens with one attached hydrogen (secondary N) is 1. The summed E-state index contributed by atoms with van der Waals surface area (Å²) >= 11 is 0. The van der Waals surface area contributed by atoms with E-state index < -0.39 is 0 Å². The van der Waals surface area contributed by atoms with Crippen LogP contribution in [0.15, 0.2) is 0 Å². The first kappa shape index (κ1) is 13.4. The first-order chi connectivity index (χ1) is 6.43. The van der Waals surface area contributed by atoms with Crippen LogP contribution in [0.3, 0.4) is 0 Å². The van der Waals surface area contributed by atoms with Crippen LogP contribution < -0.4 is 11.1 Å². The van der Waals surface area contributed by atoms with Gasteiger partial charge in [-0.3, -0.25) is 4.79 Å². The molecule has 84 valence electrons. The van der Waals surface area contributed by atoms with Crippen molar-refractivity contribution in [3.8, 4) is 0 Å². The van der Waals surface area contributed by atoms with Gasteiger partial charge >= 0.3 is 0 Å². The first-order valence-corrected chi connectivity index (χ1v) is 4.96. The summed E-state index contributed by atoms with van der Waals surface area (Å²) in [4.78, 5) is 11.5. The van der Waals surface area contributed by atoms with E-state index in [0.29, 0.717) is 13.1 Å². The van der Waals surface area contributed by atoms with Gasteiger partial charge in [-0.05, 0) is 26.8 Å². The maximum Gasteiger partial charge on any atom is 0.222 e. The predicted octanol–water partition coefficient (Wildman–Crippen LogP) is 0.513. The predicted molar refractivity (Wildman–Crippen MR) is 56.9 cm³/mol. The van der Waals surface area contributed by atoms with E-state index in [0.717, 1.165) is 6.42 Å². The van der Waals surface area contributed by atoms with Gasteiger partial charge in [0.15, 0.2) is 0 Å². The Hall–Kier alpha value is -0.610. The number of hydrogen-bond acceptors (Lipinski definition) is 3. The van der Waals surface area contributed by atoms with Gasteiger partial charge in [-0.2, -0.15) is 0 Å². The summed E-state index contributed by atoms with van der Waals surface area (Å²) in [5, 5.41) is 2.84. The Labute approximate surface area is 86.2 Å². The molecule has 14 heavy (non-hydrogen) atoms. The quantitative estimate of drug-likeness (QED) is 0.659. The zero-order valence-electron chi connectivity index (χ0n) is 9.59. The molecule has 0 saturated heterocycles. The summed E-state index contributed by atoms with van der Waals surface area (Å²) in [6.45, 7) is 6.81. The van der Waals surface area contributed by atoms with E-state index in [1.807, 2.05) is 20.8 Å². The van der Waals surface area contributed by atoms with Gasteiger partial charge in [0.25, 0.3) is 0 Å². The topological polar surface area (TPSA) is 64.3 Å². The molecular formula is C10H22N2O2. The average Bonchev–Trinajstić information content (AvgIpc) is 2.15. The van der Waals surface area contributed by atoms with Gasteiger partial charge in [-0.15, -0.1) is 0 Å². The Balaban J connectivity index is 3.84. The Kier molecular flexibility index (Phi) is 5.72. The lowest BCUT2D eigenvalue weighted by Crippen LogP contribution is -2.41. The van der Waals surface area contributed by atoms with Crippen molar-refractivity contribution in [2.24, 2.45) is 11.7 Å². The zero-order valence-corrected chi connectivity index (χ0v) is 9.59. The molecule has 0 aliphatic rings. The van der Waals surface area contributed by atoms with Crippen molar-refractivity contribution in [3.05, 3.63) is 0 Å². The number of methoxy groups -OCH3 is 1. The van der Waals surface area contributed by atoms with Crippen molar-refractivity contribution < 1.29 is 9.53 Å². The lowest BCUT2D eigenvalue weighted by molar-refractivity contribution is -0.125. The second-order valence-corrected chi connectivity index (χ2v) is 4.16. The van der Waals surface area contributed by atoms with Crippen LogP contribution in [0.5, 0.6) is 0 Å². The van der Waals surface area contributed by atoms with Gasteiger partial charge in [0.1, 0.15) is 0 Å². The van der Waals surface area contributed by atoms with Crippen LogP contribution in [0.2, 0.25) is 0 Å². The summed E-state index contributed by atoms with van der Waals surface area (Å²) in [6.07, 6.45) is 0.721. The van der Waals surface area contributed by atoms with Crippen molar-refractivity contribution in [1.29, 1.82) is 0 Å². The molecule has 0 radical (unpaired) electrons. The van der Waals surface area contributed by atoms with E-state index in [-0.39, 0.29) is 17.4 Å². The van der Waals surface area contributed by atoms with Crippen LogP contribution in [-0.4, -0.2) is 31.7 Å². The van der Waals surface area contributed by atoms with Gasteiger partial charge < -0.3 is 15.8 Å². The molecule has 0 aromatic carbocycles.